The Labute approximate surface area is 287 Å². The lowest BCUT2D eigenvalue weighted by Crippen LogP contribution is -2.24. The number of amides is 3. The molecule has 3 aromatic carbocycles. The Morgan fingerprint density at radius 2 is 1.08 bits per heavy atom. The second kappa shape index (κ2) is 13.6. The normalized spacial score (nSPS) is 14.7. The van der Waals surface area contributed by atoms with Gasteiger partial charge in [0.1, 0.15) is 6.61 Å². The van der Waals surface area contributed by atoms with Crippen molar-refractivity contribution in [3.8, 4) is 0 Å². The first-order chi connectivity index (χ1) is 24.2. The number of esters is 1. The number of para-hydroxylation sites is 3. The Bertz CT molecular complexity index is 2310. The Balaban J connectivity index is 0.000000118. The van der Waals surface area contributed by atoms with E-state index in [1.54, 1.807) is 0 Å². The predicted octanol–water partition coefficient (Wildman–Crippen LogP) is 4.02. The highest BCUT2D eigenvalue weighted by atomic mass is 16.5. The van der Waals surface area contributed by atoms with Gasteiger partial charge in [0.2, 0.25) is 0 Å². The highest BCUT2D eigenvalue weighted by Gasteiger charge is 2.21. The summed E-state index contributed by atoms with van der Waals surface area (Å²) in [6, 6.07) is 17.1. The van der Waals surface area contributed by atoms with Crippen LogP contribution in [0.2, 0.25) is 0 Å². The van der Waals surface area contributed by atoms with Gasteiger partial charge in [0.25, 0.3) is 17.7 Å². The van der Waals surface area contributed by atoms with Crippen LogP contribution in [0.4, 0.5) is 0 Å². The number of carbonyl (C=O) groups excluding carboxylic acids is 4. The molecule has 3 aliphatic heterocycles. The van der Waals surface area contributed by atoms with Gasteiger partial charge in [0.05, 0.1) is 39.8 Å². The van der Waals surface area contributed by atoms with E-state index in [0.29, 0.717) is 30.8 Å². The van der Waals surface area contributed by atoms with E-state index < -0.39 is 0 Å². The van der Waals surface area contributed by atoms with Crippen molar-refractivity contribution in [3.63, 3.8) is 0 Å². The molecule has 9 rings (SSSR count). The SMILES string of the molecule is CC(=O)OCc1cn2c3c(cccc13)C(=O)NCC2.Cc1cn2c3c(cccc13)C(=O)NCC2.O=C1NCCn2cc(CO)c3cccc1c32. The molecule has 0 saturated carbocycles. The maximum atomic E-state index is 12.0. The topological polar surface area (TPSA) is 149 Å². The molecule has 12 nitrogen and oxygen atoms in total. The van der Waals surface area contributed by atoms with Gasteiger partial charge in [0, 0.05) is 92.1 Å². The molecule has 50 heavy (non-hydrogen) atoms. The summed E-state index contributed by atoms with van der Waals surface area (Å²) in [6.45, 7) is 7.98. The van der Waals surface area contributed by atoms with Crippen molar-refractivity contribution >= 4 is 56.4 Å². The smallest absolute Gasteiger partial charge is 0.302 e. The van der Waals surface area contributed by atoms with Gasteiger partial charge >= 0.3 is 5.97 Å². The van der Waals surface area contributed by atoms with Crippen LogP contribution >= 0.6 is 0 Å². The minimum atomic E-state index is -0.304. The lowest BCUT2D eigenvalue weighted by atomic mass is 10.1. The summed E-state index contributed by atoms with van der Waals surface area (Å²) in [7, 11) is 0. The fraction of sp³-hybridized carbons (Fsp3) is 0.263. The number of aliphatic hydroxyl groups is 1. The third-order valence-electron chi connectivity index (χ3n) is 9.31. The Morgan fingerprint density at radius 1 is 0.660 bits per heavy atom. The molecule has 6 aromatic rings. The van der Waals surface area contributed by atoms with Crippen molar-refractivity contribution in [2.45, 2.75) is 46.7 Å². The average molecular weight is 675 g/mol. The van der Waals surface area contributed by atoms with E-state index in [4.69, 9.17) is 4.74 Å². The van der Waals surface area contributed by atoms with Crippen LogP contribution in [0.5, 0.6) is 0 Å². The van der Waals surface area contributed by atoms with Crippen LogP contribution < -0.4 is 16.0 Å². The molecular weight excluding hydrogens is 636 g/mol. The standard InChI is InChI=1S/C14H14N2O3.C12H12N2O2.C12H12N2O/c1-9(17)19-8-10-7-16-6-5-15-14(18)12-4-2-3-11(10)13(12)16;15-7-8-6-14-5-4-13-12(16)10-3-1-2-9(8)11(10)14;1-8-7-14-6-5-13-12(15)10-4-2-3-9(8)11(10)14/h2-4,7H,5-6,8H2,1H3,(H,15,18);1-3,6,15H,4-5,7H2,(H,13,16);2-4,7H,5-6H2,1H3,(H,13,15). The minimum absolute atomic E-state index is 0.00850. The molecule has 6 heterocycles. The van der Waals surface area contributed by atoms with E-state index in [-0.39, 0.29) is 36.9 Å². The van der Waals surface area contributed by atoms with Crippen molar-refractivity contribution < 1.29 is 29.0 Å². The number of aliphatic hydroxyl groups excluding tert-OH is 1. The van der Waals surface area contributed by atoms with E-state index in [1.807, 2.05) is 70.1 Å². The van der Waals surface area contributed by atoms with Crippen molar-refractivity contribution in [3.05, 3.63) is 107 Å². The van der Waals surface area contributed by atoms with Crippen LogP contribution in [0, 0.1) is 6.92 Å². The molecule has 256 valence electrons. The molecule has 3 aliphatic rings. The summed E-state index contributed by atoms with van der Waals surface area (Å²) < 4.78 is 11.3. The monoisotopic (exact) mass is 674 g/mol. The molecule has 0 fully saturated rings. The quantitative estimate of drug-likeness (QED) is 0.209. The zero-order chi connectivity index (χ0) is 34.9. The first-order valence-electron chi connectivity index (χ1n) is 16.6. The number of hydrogen-bond acceptors (Lipinski definition) is 6. The summed E-state index contributed by atoms with van der Waals surface area (Å²) >= 11 is 0. The third kappa shape index (κ3) is 5.98. The Hall–Kier alpha value is -5.88. The van der Waals surface area contributed by atoms with Crippen LogP contribution in [0.25, 0.3) is 32.7 Å². The number of benzene rings is 3. The molecule has 0 aliphatic carbocycles. The summed E-state index contributed by atoms with van der Waals surface area (Å²) in [5.41, 5.74) is 8.12. The van der Waals surface area contributed by atoms with E-state index in [2.05, 4.69) is 39.7 Å². The van der Waals surface area contributed by atoms with Gasteiger partial charge in [-0.25, -0.2) is 0 Å². The summed E-state index contributed by atoms with van der Waals surface area (Å²) in [4.78, 5) is 46.5. The van der Waals surface area contributed by atoms with Crippen LogP contribution in [0.15, 0.2) is 73.2 Å². The molecule has 12 heteroatoms. The molecular formula is C38H38N6O6. The zero-order valence-corrected chi connectivity index (χ0v) is 27.9. The van der Waals surface area contributed by atoms with Crippen molar-refractivity contribution in [2.75, 3.05) is 19.6 Å². The zero-order valence-electron chi connectivity index (χ0n) is 27.9. The van der Waals surface area contributed by atoms with Gasteiger partial charge in [-0.15, -0.1) is 0 Å². The number of nitrogens with one attached hydrogen (secondary N) is 3. The van der Waals surface area contributed by atoms with Gasteiger partial charge in [-0.3, -0.25) is 19.2 Å². The maximum absolute atomic E-state index is 12.0. The first-order valence-corrected chi connectivity index (χ1v) is 16.6. The van der Waals surface area contributed by atoms with E-state index in [0.717, 1.165) is 63.6 Å². The minimum Gasteiger partial charge on any atom is -0.461 e. The molecule has 0 radical (unpaired) electrons. The van der Waals surface area contributed by atoms with Crippen LogP contribution in [-0.2, 0) is 42.4 Å². The average Bonchev–Trinajstić information content (AvgIpc) is 3.65. The largest absolute Gasteiger partial charge is 0.461 e. The maximum Gasteiger partial charge on any atom is 0.302 e. The molecule has 0 unspecified atom stereocenters. The van der Waals surface area contributed by atoms with Crippen LogP contribution in [0.3, 0.4) is 0 Å². The first kappa shape index (κ1) is 32.7. The molecule has 0 bridgehead atoms. The number of hydrogen-bond donors (Lipinski definition) is 4. The van der Waals surface area contributed by atoms with Gasteiger partial charge < -0.3 is 39.5 Å². The fourth-order valence-electron chi connectivity index (χ4n) is 7.06. The number of aryl methyl sites for hydroxylation is 1. The van der Waals surface area contributed by atoms with Crippen molar-refractivity contribution in [1.29, 1.82) is 0 Å². The van der Waals surface area contributed by atoms with Gasteiger partial charge in [-0.1, -0.05) is 36.4 Å². The number of carbonyl (C=O) groups is 4. The highest BCUT2D eigenvalue weighted by Crippen LogP contribution is 2.28. The van der Waals surface area contributed by atoms with Gasteiger partial charge in [-0.2, -0.15) is 0 Å². The predicted molar refractivity (Wildman–Crippen MR) is 189 cm³/mol. The van der Waals surface area contributed by atoms with E-state index in [9.17, 15) is 24.3 Å². The summed E-state index contributed by atoms with van der Waals surface area (Å²) in [5.74, 6) is -0.354. The van der Waals surface area contributed by atoms with Crippen LogP contribution in [0.1, 0.15) is 54.7 Å². The Kier molecular flexibility index (Phi) is 8.85. The van der Waals surface area contributed by atoms with E-state index in [1.165, 1.54) is 17.9 Å². The van der Waals surface area contributed by atoms with Crippen molar-refractivity contribution in [1.82, 2.24) is 29.7 Å². The second-order valence-corrected chi connectivity index (χ2v) is 12.5. The Morgan fingerprint density at radius 3 is 1.56 bits per heavy atom. The molecule has 3 amide bonds. The molecule has 0 saturated heterocycles. The summed E-state index contributed by atoms with van der Waals surface area (Å²) in [6.07, 6.45) is 6.00. The number of nitrogens with zero attached hydrogens (tertiary/aromatic N) is 3. The molecule has 0 atom stereocenters. The highest BCUT2D eigenvalue weighted by molar-refractivity contribution is 6.08. The lowest BCUT2D eigenvalue weighted by molar-refractivity contribution is -0.142. The molecule has 4 N–H and O–H groups in total. The number of aromatic nitrogens is 3. The lowest BCUT2D eigenvalue weighted by Gasteiger charge is -2.03. The number of ether oxygens (including phenoxy) is 1. The van der Waals surface area contributed by atoms with Gasteiger partial charge in [-0.05, 0) is 30.7 Å². The van der Waals surface area contributed by atoms with Crippen LogP contribution in [-0.4, -0.2) is 62.1 Å². The fourth-order valence-corrected chi connectivity index (χ4v) is 7.06. The summed E-state index contributed by atoms with van der Waals surface area (Å²) in [5, 5.41) is 21.0. The second-order valence-electron chi connectivity index (χ2n) is 12.5. The van der Waals surface area contributed by atoms with Gasteiger partial charge in [0.15, 0.2) is 0 Å². The number of rotatable bonds is 3. The molecule has 3 aromatic heterocycles. The van der Waals surface area contributed by atoms with E-state index >= 15 is 0 Å². The van der Waals surface area contributed by atoms with Crippen molar-refractivity contribution in [2.24, 2.45) is 0 Å². The molecule has 0 spiro atoms. The third-order valence-corrected chi connectivity index (χ3v) is 9.31.